The predicted octanol–water partition coefficient (Wildman–Crippen LogP) is 3.37. The Kier molecular flexibility index (Phi) is 11.0. The van der Waals surface area contributed by atoms with Crippen LogP contribution in [0, 0.1) is 0 Å². The highest BCUT2D eigenvalue weighted by Gasteiger charge is 2.13. The number of rotatable bonds is 12. The molecule has 0 aromatic carbocycles. The largest absolute Gasteiger partial charge is 0.359 e. The molecule has 0 aliphatic carbocycles. The summed E-state index contributed by atoms with van der Waals surface area (Å²) < 4.78 is 5.44. The Morgan fingerprint density at radius 1 is 1.16 bits per heavy atom. The van der Waals surface area contributed by atoms with Gasteiger partial charge in [0.2, 0.25) is 0 Å². The molecule has 0 saturated heterocycles. The van der Waals surface area contributed by atoms with Crippen molar-refractivity contribution in [2.75, 3.05) is 33.2 Å². The fourth-order valence-corrected chi connectivity index (χ4v) is 2.91. The smallest absolute Gasteiger partial charge is 0.191 e. The molecule has 6 nitrogen and oxygen atoms in total. The summed E-state index contributed by atoms with van der Waals surface area (Å²) in [7, 11) is 1.79. The Labute approximate surface area is 153 Å². The van der Waals surface area contributed by atoms with Gasteiger partial charge in [0.1, 0.15) is 0 Å². The molecule has 144 valence electrons. The van der Waals surface area contributed by atoms with E-state index in [1.54, 1.807) is 7.05 Å². The molecule has 1 aromatic rings. The van der Waals surface area contributed by atoms with Crippen LogP contribution >= 0.6 is 0 Å². The minimum atomic E-state index is 0.487. The monoisotopic (exact) mass is 351 g/mol. The van der Waals surface area contributed by atoms with Crippen molar-refractivity contribution in [3.63, 3.8) is 0 Å². The van der Waals surface area contributed by atoms with Gasteiger partial charge >= 0.3 is 0 Å². The fourth-order valence-electron chi connectivity index (χ4n) is 2.91. The van der Waals surface area contributed by atoms with E-state index in [0.29, 0.717) is 12.5 Å². The first-order valence-corrected chi connectivity index (χ1v) is 9.80. The molecule has 0 saturated carbocycles. The fraction of sp³-hybridized carbons (Fsp3) is 0.789. The third kappa shape index (κ3) is 7.90. The summed E-state index contributed by atoms with van der Waals surface area (Å²) in [4.78, 5) is 6.72. The number of aromatic nitrogens is 1. The van der Waals surface area contributed by atoms with E-state index < -0.39 is 0 Å². The predicted molar refractivity (Wildman–Crippen MR) is 105 cm³/mol. The van der Waals surface area contributed by atoms with Crippen molar-refractivity contribution in [1.82, 2.24) is 20.7 Å². The summed E-state index contributed by atoms with van der Waals surface area (Å²) in [5.41, 5.74) is 1.06. The lowest BCUT2D eigenvalue weighted by atomic mass is 9.99. The van der Waals surface area contributed by atoms with Gasteiger partial charge in [0.15, 0.2) is 11.7 Å². The second-order valence-electron chi connectivity index (χ2n) is 6.32. The maximum absolute atomic E-state index is 5.44. The number of hydrogen-bond acceptors (Lipinski definition) is 4. The highest BCUT2D eigenvalue weighted by molar-refractivity contribution is 5.79. The third-order valence-electron chi connectivity index (χ3n) is 4.72. The molecule has 1 aromatic heterocycles. The highest BCUT2D eigenvalue weighted by atomic mass is 16.5. The molecule has 1 rings (SSSR count). The van der Waals surface area contributed by atoms with Crippen LogP contribution < -0.4 is 10.6 Å². The van der Waals surface area contributed by atoms with Gasteiger partial charge in [0.25, 0.3) is 0 Å². The maximum Gasteiger partial charge on any atom is 0.191 e. The standard InChI is InChI=1S/C19H37N5O/c1-6-16(7-2)18-14-17(25-23-18)15-22-19(20-5)21-12-10-11-13-24(8-3)9-4/h14,16H,6-13,15H2,1-5H3,(H2,20,21,22). The van der Waals surface area contributed by atoms with Crippen molar-refractivity contribution in [1.29, 1.82) is 0 Å². The van der Waals surface area contributed by atoms with E-state index in [9.17, 15) is 0 Å². The zero-order valence-corrected chi connectivity index (χ0v) is 16.8. The molecule has 0 aliphatic heterocycles. The van der Waals surface area contributed by atoms with Gasteiger partial charge in [0, 0.05) is 25.6 Å². The van der Waals surface area contributed by atoms with Gasteiger partial charge in [-0.05, 0) is 45.3 Å². The van der Waals surface area contributed by atoms with Crippen LogP contribution in [0.4, 0.5) is 0 Å². The second-order valence-corrected chi connectivity index (χ2v) is 6.32. The van der Waals surface area contributed by atoms with E-state index in [1.807, 2.05) is 0 Å². The first-order valence-electron chi connectivity index (χ1n) is 9.80. The van der Waals surface area contributed by atoms with Gasteiger partial charge in [-0.2, -0.15) is 0 Å². The summed E-state index contributed by atoms with van der Waals surface area (Å²) in [5.74, 6) is 2.15. The minimum absolute atomic E-state index is 0.487. The Balaban J connectivity index is 2.28. The molecule has 1 heterocycles. The Bertz CT molecular complexity index is 478. The lowest BCUT2D eigenvalue weighted by Crippen LogP contribution is -2.37. The van der Waals surface area contributed by atoms with E-state index in [-0.39, 0.29) is 0 Å². The molecule has 0 bridgehead atoms. The van der Waals surface area contributed by atoms with Gasteiger partial charge in [-0.1, -0.05) is 32.9 Å². The summed E-state index contributed by atoms with van der Waals surface area (Å²) in [6.45, 7) is 13.8. The van der Waals surface area contributed by atoms with Crippen LogP contribution in [-0.2, 0) is 6.54 Å². The molecule has 0 amide bonds. The molecule has 0 aliphatic rings. The number of hydrogen-bond donors (Lipinski definition) is 2. The number of nitrogens with zero attached hydrogens (tertiary/aromatic N) is 3. The topological polar surface area (TPSA) is 65.7 Å². The number of guanidine groups is 1. The second kappa shape index (κ2) is 12.8. The molecular formula is C19H37N5O. The minimum Gasteiger partial charge on any atom is -0.359 e. The number of aliphatic imine (C=N–C) groups is 1. The van der Waals surface area contributed by atoms with Crippen molar-refractivity contribution < 1.29 is 4.52 Å². The van der Waals surface area contributed by atoms with Crippen LogP contribution in [0.25, 0.3) is 0 Å². The summed E-state index contributed by atoms with van der Waals surface area (Å²) in [6, 6.07) is 2.06. The van der Waals surface area contributed by atoms with Gasteiger partial charge in [-0.25, -0.2) is 0 Å². The molecule has 25 heavy (non-hydrogen) atoms. The zero-order chi connectivity index (χ0) is 18.5. The molecule has 2 N–H and O–H groups in total. The SMILES string of the molecule is CCC(CC)c1cc(CNC(=NC)NCCCCN(CC)CC)on1. The molecule has 0 radical (unpaired) electrons. The van der Waals surface area contributed by atoms with Crippen molar-refractivity contribution in [2.45, 2.75) is 65.8 Å². The quantitative estimate of drug-likeness (QED) is 0.343. The van der Waals surface area contributed by atoms with E-state index in [0.717, 1.165) is 62.9 Å². The number of unbranched alkanes of at least 4 members (excludes halogenated alkanes) is 1. The lowest BCUT2D eigenvalue weighted by Gasteiger charge is -2.17. The van der Waals surface area contributed by atoms with Crippen molar-refractivity contribution in [2.24, 2.45) is 4.99 Å². The van der Waals surface area contributed by atoms with Crippen molar-refractivity contribution >= 4 is 5.96 Å². The van der Waals surface area contributed by atoms with Crippen molar-refractivity contribution in [3.8, 4) is 0 Å². The van der Waals surface area contributed by atoms with Gasteiger partial charge < -0.3 is 20.1 Å². The Morgan fingerprint density at radius 2 is 1.88 bits per heavy atom. The van der Waals surface area contributed by atoms with E-state index >= 15 is 0 Å². The Morgan fingerprint density at radius 3 is 2.48 bits per heavy atom. The maximum atomic E-state index is 5.44. The number of nitrogens with one attached hydrogen (secondary N) is 2. The van der Waals surface area contributed by atoms with Crippen LogP contribution in [0.1, 0.15) is 70.8 Å². The normalized spacial score (nSPS) is 12.2. The van der Waals surface area contributed by atoms with Crippen molar-refractivity contribution in [3.05, 3.63) is 17.5 Å². The molecule has 0 atom stereocenters. The first kappa shape index (κ1) is 21.5. The molecular weight excluding hydrogens is 314 g/mol. The summed E-state index contributed by atoms with van der Waals surface area (Å²) >= 11 is 0. The van der Waals surface area contributed by atoms with Crippen LogP contribution in [0.2, 0.25) is 0 Å². The molecule has 6 heteroatoms. The van der Waals surface area contributed by atoms with Gasteiger partial charge in [-0.15, -0.1) is 0 Å². The molecule has 0 fully saturated rings. The van der Waals surface area contributed by atoms with Crippen LogP contribution in [0.5, 0.6) is 0 Å². The molecule has 0 spiro atoms. The van der Waals surface area contributed by atoms with E-state index in [2.05, 4.69) is 59.4 Å². The zero-order valence-electron chi connectivity index (χ0n) is 16.8. The average Bonchev–Trinajstić information content (AvgIpc) is 3.10. The van der Waals surface area contributed by atoms with Gasteiger partial charge in [0.05, 0.1) is 12.2 Å². The van der Waals surface area contributed by atoms with Crippen LogP contribution in [0.15, 0.2) is 15.6 Å². The summed E-state index contributed by atoms with van der Waals surface area (Å²) in [6.07, 6.45) is 4.52. The summed E-state index contributed by atoms with van der Waals surface area (Å²) in [5, 5.41) is 10.9. The lowest BCUT2D eigenvalue weighted by molar-refractivity contribution is 0.297. The third-order valence-corrected chi connectivity index (χ3v) is 4.72. The highest BCUT2D eigenvalue weighted by Crippen LogP contribution is 2.22. The first-order chi connectivity index (χ1) is 12.2. The van der Waals surface area contributed by atoms with E-state index in [1.165, 1.54) is 6.42 Å². The average molecular weight is 352 g/mol. The van der Waals surface area contributed by atoms with Gasteiger partial charge in [-0.3, -0.25) is 4.99 Å². The molecule has 0 unspecified atom stereocenters. The van der Waals surface area contributed by atoms with Crippen LogP contribution in [0.3, 0.4) is 0 Å². The Hall–Kier alpha value is -1.56. The van der Waals surface area contributed by atoms with E-state index in [4.69, 9.17) is 4.52 Å². The van der Waals surface area contributed by atoms with Crippen LogP contribution in [-0.4, -0.2) is 49.2 Å².